The van der Waals surface area contributed by atoms with Crippen molar-refractivity contribution < 1.29 is 9.46 Å². The first-order valence-corrected chi connectivity index (χ1v) is 1.15. The molecule has 0 aromatic heterocycles. The van der Waals surface area contributed by atoms with Gasteiger partial charge in [-0.2, -0.15) is 0 Å². The SMILES string of the molecule is N.O=PO.[NaH]. The van der Waals surface area contributed by atoms with E-state index in [0.717, 1.165) is 0 Å². The Hall–Kier alpha value is 1.02. The monoisotopic (exact) mass is 105 g/mol. The van der Waals surface area contributed by atoms with Gasteiger partial charge in [0.1, 0.15) is 0 Å². The van der Waals surface area contributed by atoms with E-state index in [9.17, 15) is 0 Å². The topological polar surface area (TPSA) is 72.3 Å². The third-order valence-electron chi connectivity index (χ3n) is 0. The van der Waals surface area contributed by atoms with Crippen LogP contribution < -0.4 is 6.15 Å². The average molecular weight is 105 g/mol. The normalized spacial score (nSPS) is 4.20. The number of hydrogen-bond acceptors (Lipinski definition) is 2. The molecular weight excluding hydrogens is 100.0 g/mol. The van der Waals surface area contributed by atoms with Gasteiger partial charge in [0.15, 0.2) is 0 Å². The van der Waals surface area contributed by atoms with Crippen LogP contribution in [0.3, 0.4) is 0 Å². The standard InChI is InChI=1S/H3N.Na.HO2P.H/c;;1-3-2;/h1H3;;(H,1,2);. The molecular formula is H5NNaO2P. The molecule has 0 aliphatic carbocycles. The summed E-state index contributed by atoms with van der Waals surface area (Å²) in [5.41, 5.74) is 0. The van der Waals surface area contributed by atoms with E-state index in [1.165, 1.54) is 0 Å². The predicted octanol–water partition coefficient (Wildman–Crippen LogP) is -0.301. The average Bonchev–Trinajstić information content (AvgIpc) is 0.918. The maximum absolute atomic E-state index is 8.46. The molecule has 0 atom stereocenters. The molecule has 0 aliphatic rings. The Labute approximate surface area is 53.9 Å². The van der Waals surface area contributed by atoms with E-state index in [0.29, 0.717) is 0 Å². The second kappa shape index (κ2) is 19.9. The zero-order chi connectivity index (χ0) is 2.71. The summed E-state index contributed by atoms with van der Waals surface area (Å²) in [5, 5.41) is 0. The van der Waals surface area contributed by atoms with Crippen LogP contribution >= 0.6 is 8.69 Å². The first-order valence-electron chi connectivity index (χ1n) is 0.383. The molecule has 0 saturated heterocycles. The molecule has 28 valence electrons. The molecule has 0 fully saturated rings. The van der Waals surface area contributed by atoms with E-state index in [1.54, 1.807) is 0 Å². The molecule has 4 N–H and O–H groups in total. The van der Waals surface area contributed by atoms with Gasteiger partial charge in [0, 0.05) is 0 Å². The van der Waals surface area contributed by atoms with Gasteiger partial charge in [0.05, 0.1) is 0 Å². The van der Waals surface area contributed by atoms with E-state index in [-0.39, 0.29) is 35.7 Å². The minimum absolute atomic E-state index is 0. The van der Waals surface area contributed by atoms with Crippen molar-refractivity contribution in [3.63, 3.8) is 0 Å². The summed E-state index contributed by atoms with van der Waals surface area (Å²) >= 11 is 0. The van der Waals surface area contributed by atoms with E-state index in [4.69, 9.17) is 9.46 Å². The molecule has 5 heteroatoms. The Kier molecular flexibility index (Phi) is 66.1. The van der Waals surface area contributed by atoms with Crippen LogP contribution in [0.1, 0.15) is 0 Å². The van der Waals surface area contributed by atoms with Gasteiger partial charge in [-0.15, -0.1) is 0 Å². The fourth-order valence-corrected chi connectivity index (χ4v) is 0. The quantitative estimate of drug-likeness (QED) is 0.328. The van der Waals surface area contributed by atoms with Gasteiger partial charge in [-0.05, 0) is 0 Å². The van der Waals surface area contributed by atoms with Gasteiger partial charge < -0.3 is 11.0 Å². The molecule has 0 spiro atoms. The molecule has 0 bridgehead atoms. The van der Waals surface area contributed by atoms with Crippen molar-refractivity contribution >= 4 is 38.2 Å². The molecule has 0 unspecified atom stereocenters. The Morgan fingerprint density at radius 1 is 1.60 bits per heavy atom. The molecule has 0 saturated carbocycles. The van der Waals surface area contributed by atoms with Crippen LogP contribution in [0.2, 0.25) is 0 Å². The van der Waals surface area contributed by atoms with Gasteiger partial charge in [0.25, 0.3) is 0 Å². The molecule has 5 heavy (non-hydrogen) atoms. The number of rotatable bonds is 0. The fourth-order valence-electron chi connectivity index (χ4n) is 0. The molecule has 0 amide bonds. The maximum atomic E-state index is 8.46. The summed E-state index contributed by atoms with van der Waals surface area (Å²) < 4.78 is 8.46. The van der Waals surface area contributed by atoms with Gasteiger partial charge in [-0.1, -0.05) is 0 Å². The second-order valence-corrected chi connectivity index (χ2v) is 0.245. The summed E-state index contributed by atoms with van der Waals surface area (Å²) in [6.07, 6.45) is 0. The zero-order valence-corrected chi connectivity index (χ0v) is 2.90. The summed E-state index contributed by atoms with van der Waals surface area (Å²) in [6, 6.07) is 0. The second-order valence-electron chi connectivity index (χ2n) is 0.0816. The van der Waals surface area contributed by atoms with Crippen LogP contribution in [0, 0.1) is 0 Å². The third-order valence-corrected chi connectivity index (χ3v) is 0. The van der Waals surface area contributed by atoms with Crippen LogP contribution in [0.25, 0.3) is 0 Å². The van der Waals surface area contributed by atoms with Crippen LogP contribution in [0.5, 0.6) is 0 Å². The minimum atomic E-state index is -0.833. The van der Waals surface area contributed by atoms with Crippen molar-refractivity contribution in [3.8, 4) is 0 Å². The van der Waals surface area contributed by atoms with Gasteiger partial charge >= 0.3 is 38.2 Å². The van der Waals surface area contributed by atoms with Gasteiger partial charge in [-0.25, -0.2) is 4.57 Å². The van der Waals surface area contributed by atoms with Crippen molar-refractivity contribution in [2.24, 2.45) is 0 Å². The van der Waals surface area contributed by atoms with E-state index in [1.807, 2.05) is 0 Å². The van der Waals surface area contributed by atoms with Crippen LogP contribution in [0.4, 0.5) is 0 Å². The van der Waals surface area contributed by atoms with Gasteiger partial charge in [-0.3, -0.25) is 0 Å². The Morgan fingerprint density at radius 3 is 1.60 bits per heavy atom. The molecule has 0 aromatic carbocycles. The van der Waals surface area contributed by atoms with Crippen molar-refractivity contribution in [2.45, 2.75) is 0 Å². The van der Waals surface area contributed by atoms with E-state index < -0.39 is 8.69 Å². The summed E-state index contributed by atoms with van der Waals surface area (Å²) in [4.78, 5) is 6.99. The van der Waals surface area contributed by atoms with Crippen LogP contribution in [-0.2, 0) is 4.57 Å². The van der Waals surface area contributed by atoms with Crippen LogP contribution in [-0.4, -0.2) is 34.5 Å². The molecule has 0 aliphatic heterocycles. The predicted molar refractivity (Wildman–Crippen MR) is 22.0 cm³/mol. The molecule has 0 aromatic rings. The van der Waals surface area contributed by atoms with Crippen molar-refractivity contribution in [2.75, 3.05) is 0 Å². The van der Waals surface area contributed by atoms with E-state index >= 15 is 0 Å². The van der Waals surface area contributed by atoms with Crippen LogP contribution in [0.15, 0.2) is 0 Å². The molecule has 0 rings (SSSR count). The summed E-state index contributed by atoms with van der Waals surface area (Å²) in [5.74, 6) is 0. The fraction of sp³-hybridized carbons (Fsp3) is 0. The van der Waals surface area contributed by atoms with E-state index in [2.05, 4.69) is 0 Å². The zero-order valence-electron chi connectivity index (χ0n) is 2.01. The van der Waals surface area contributed by atoms with Crippen molar-refractivity contribution in [1.29, 1.82) is 0 Å². The Bertz CT molecular complexity index is 17.1. The van der Waals surface area contributed by atoms with Gasteiger partial charge in [0.2, 0.25) is 0 Å². The first kappa shape index (κ1) is 16.6. The summed E-state index contributed by atoms with van der Waals surface area (Å²) in [7, 11) is -0.833. The Balaban J connectivity index is -0.0000000200. The van der Waals surface area contributed by atoms with Crippen molar-refractivity contribution in [1.82, 2.24) is 6.15 Å². The third kappa shape index (κ3) is 44.0. The first-order chi connectivity index (χ1) is 1.41. The molecule has 0 radical (unpaired) electrons. The Morgan fingerprint density at radius 2 is 1.60 bits per heavy atom. The molecule has 0 heterocycles. The van der Waals surface area contributed by atoms with Crippen molar-refractivity contribution in [3.05, 3.63) is 0 Å². The number of hydrogen-bond donors (Lipinski definition) is 2. The molecule has 3 nitrogen and oxygen atoms in total. The summed E-state index contributed by atoms with van der Waals surface area (Å²) in [6.45, 7) is 0.